The Labute approximate surface area is 161 Å². The number of ketones is 1. The second kappa shape index (κ2) is 5.57. The molecule has 4 aliphatic rings. The van der Waals surface area contributed by atoms with Crippen LogP contribution in [0.3, 0.4) is 0 Å². The van der Waals surface area contributed by atoms with Gasteiger partial charge in [-0.2, -0.15) is 0 Å². The zero-order valence-corrected chi connectivity index (χ0v) is 17.0. The van der Waals surface area contributed by atoms with E-state index in [2.05, 4.69) is 13.8 Å². The van der Waals surface area contributed by atoms with Crippen molar-refractivity contribution in [3.05, 3.63) is 0 Å². The van der Waals surface area contributed by atoms with Gasteiger partial charge >= 0.3 is 11.9 Å². The fourth-order valence-corrected chi connectivity index (χ4v) is 8.09. The van der Waals surface area contributed by atoms with Gasteiger partial charge in [0, 0.05) is 24.7 Å². The van der Waals surface area contributed by atoms with Crippen molar-refractivity contribution < 1.29 is 24.2 Å². The summed E-state index contributed by atoms with van der Waals surface area (Å²) < 4.78 is 5.77. The van der Waals surface area contributed by atoms with E-state index in [0.29, 0.717) is 25.0 Å². The second-order valence-corrected chi connectivity index (χ2v) is 10.6. The van der Waals surface area contributed by atoms with Gasteiger partial charge in [0.05, 0.1) is 5.41 Å². The first-order valence-electron chi connectivity index (χ1n) is 10.4. The van der Waals surface area contributed by atoms with Crippen molar-refractivity contribution in [2.24, 2.45) is 33.5 Å². The number of carbonyl (C=O) groups excluding carboxylic acids is 2. The first kappa shape index (κ1) is 18.9. The second-order valence-electron chi connectivity index (χ2n) is 10.6. The van der Waals surface area contributed by atoms with Gasteiger partial charge in [-0.3, -0.25) is 14.4 Å². The van der Waals surface area contributed by atoms with Crippen molar-refractivity contribution in [1.29, 1.82) is 0 Å². The number of carboxylic acid groups (broad SMARTS) is 1. The lowest BCUT2D eigenvalue weighted by Gasteiger charge is -2.67. The monoisotopic (exact) mass is 376 g/mol. The van der Waals surface area contributed by atoms with E-state index in [9.17, 15) is 19.5 Å². The lowest BCUT2D eigenvalue weighted by Crippen LogP contribution is -2.66. The third-order valence-corrected chi connectivity index (χ3v) is 9.31. The molecule has 0 radical (unpaired) electrons. The van der Waals surface area contributed by atoms with Crippen molar-refractivity contribution in [1.82, 2.24) is 0 Å². The zero-order valence-electron chi connectivity index (χ0n) is 17.0. The number of carbonyl (C=O) groups is 3. The number of hydrogen-bond donors (Lipinski definition) is 1. The van der Waals surface area contributed by atoms with Crippen LogP contribution in [0.5, 0.6) is 0 Å². The molecule has 5 heteroatoms. The van der Waals surface area contributed by atoms with Crippen LogP contribution in [0.25, 0.3) is 0 Å². The van der Waals surface area contributed by atoms with Crippen molar-refractivity contribution in [3.8, 4) is 0 Å². The highest BCUT2D eigenvalue weighted by molar-refractivity contribution is 5.86. The summed E-state index contributed by atoms with van der Waals surface area (Å²) in [6, 6.07) is 0. The van der Waals surface area contributed by atoms with Gasteiger partial charge in [-0.25, -0.2) is 0 Å². The number of aliphatic carboxylic acids is 1. The van der Waals surface area contributed by atoms with Crippen molar-refractivity contribution >= 4 is 17.7 Å². The van der Waals surface area contributed by atoms with Crippen molar-refractivity contribution in [3.63, 3.8) is 0 Å². The smallest absolute Gasteiger partial charge is 0.309 e. The standard InChI is InChI=1S/C22H32O5/c1-13(23)27-15-10-14-11-16(24)19(2)8-9-22(14,12-19)21(4)7-5-6-20(3,17(15)21)18(25)26/h14-15,17H,5-12H2,1-4H3,(H,25,26)/t14-,15+,17-,19+,20+,21-,22-/m0/s1. The van der Waals surface area contributed by atoms with Crippen LogP contribution in [0.15, 0.2) is 0 Å². The van der Waals surface area contributed by atoms with Gasteiger partial charge in [-0.05, 0) is 62.2 Å². The molecular weight excluding hydrogens is 344 g/mol. The van der Waals surface area contributed by atoms with Crippen LogP contribution in [0.4, 0.5) is 0 Å². The van der Waals surface area contributed by atoms with E-state index in [1.165, 1.54) is 6.92 Å². The van der Waals surface area contributed by atoms with Gasteiger partial charge in [-0.15, -0.1) is 0 Å². The molecule has 150 valence electrons. The van der Waals surface area contributed by atoms with Gasteiger partial charge in [-0.1, -0.05) is 20.3 Å². The van der Waals surface area contributed by atoms with Crippen LogP contribution in [0.2, 0.25) is 0 Å². The normalized spacial score (nSPS) is 51.3. The number of carboxylic acids is 1. The Morgan fingerprint density at radius 2 is 1.81 bits per heavy atom. The summed E-state index contributed by atoms with van der Waals surface area (Å²) in [6.45, 7) is 7.62. The molecule has 7 atom stereocenters. The maximum atomic E-state index is 12.9. The topological polar surface area (TPSA) is 80.7 Å². The average Bonchev–Trinajstić information content (AvgIpc) is 2.88. The third-order valence-electron chi connectivity index (χ3n) is 9.31. The first-order valence-corrected chi connectivity index (χ1v) is 10.4. The Kier molecular flexibility index (Phi) is 3.91. The largest absolute Gasteiger partial charge is 0.481 e. The third kappa shape index (κ3) is 2.26. The SMILES string of the molecule is CC(=O)O[C@@H]1C[C@H]2CC(=O)[C@]3(C)CC[C@@]2(C3)[C@@]2(C)CCC[C@@](C)(C(=O)O)[C@H]12. The molecular formula is C22H32O5. The number of hydrogen-bond acceptors (Lipinski definition) is 4. The van der Waals surface area contributed by atoms with E-state index in [1.54, 1.807) is 0 Å². The van der Waals surface area contributed by atoms with E-state index in [1.807, 2.05) is 6.92 Å². The highest BCUT2D eigenvalue weighted by Crippen LogP contribution is 2.75. The van der Waals surface area contributed by atoms with Gasteiger partial charge in [0.1, 0.15) is 11.9 Å². The predicted octanol–water partition coefficient (Wildman–Crippen LogP) is 3.98. The fourth-order valence-electron chi connectivity index (χ4n) is 8.09. The summed E-state index contributed by atoms with van der Waals surface area (Å²) in [4.78, 5) is 37.1. The summed E-state index contributed by atoms with van der Waals surface area (Å²) in [5.41, 5.74) is -1.38. The molecule has 4 rings (SSSR count). The molecule has 1 spiro atoms. The molecule has 0 saturated heterocycles. The average molecular weight is 376 g/mol. The van der Waals surface area contributed by atoms with E-state index in [4.69, 9.17) is 4.74 Å². The molecule has 1 N–H and O–H groups in total. The van der Waals surface area contributed by atoms with Crippen LogP contribution in [-0.2, 0) is 19.1 Å². The Bertz CT molecular complexity index is 715. The van der Waals surface area contributed by atoms with E-state index in [-0.39, 0.29) is 34.1 Å². The van der Waals surface area contributed by atoms with Gasteiger partial charge in [0.2, 0.25) is 0 Å². The summed E-state index contributed by atoms with van der Waals surface area (Å²) in [6.07, 6.45) is 6.01. The molecule has 27 heavy (non-hydrogen) atoms. The Hall–Kier alpha value is -1.39. The molecule has 0 aromatic heterocycles. The zero-order chi connectivity index (χ0) is 19.8. The van der Waals surface area contributed by atoms with Gasteiger partial charge in [0.15, 0.2) is 0 Å². The number of rotatable bonds is 2. The molecule has 4 aliphatic carbocycles. The minimum absolute atomic E-state index is 0.00585. The Balaban J connectivity index is 1.86. The molecule has 5 nitrogen and oxygen atoms in total. The maximum absolute atomic E-state index is 12.9. The molecule has 0 unspecified atom stereocenters. The lowest BCUT2D eigenvalue weighted by atomic mass is 9.37. The first-order chi connectivity index (χ1) is 12.5. The summed E-state index contributed by atoms with van der Waals surface area (Å²) >= 11 is 0. The Morgan fingerprint density at radius 1 is 1.11 bits per heavy atom. The predicted molar refractivity (Wildman–Crippen MR) is 98.9 cm³/mol. The van der Waals surface area contributed by atoms with E-state index >= 15 is 0 Å². The quantitative estimate of drug-likeness (QED) is 0.737. The number of esters is 1. The molecule has 0 aromatic carbocycles. The van der Waals surface area contributed by atoms with Crippen molar-refractivity contribution in [2.45, 2.75) is 85.2 Å². The minimum Gasteiger partial charge on any atom is -0.481 e. The van der Waals surface area contributed by atoms with Crippen LogP contribution in [0.1, 0.15) is 79.1 Å². The fraction of sp³-hybridized carbons (Fsp3) is 0.864. The van der Waals surface area contributed by atoms with E-state index in [0.717, 1.165) is 32.1 Å². The van der Waals surface area contributed by atoms with Crippen molar-refractivity contribution in [2.75, 3.05) is 0 Å². The summed E-state index contributed by atoms with van der Waals surface area (Å²) in [5, 5.41) is 10.2. The highest BCUT2D eigenvalue weighted by Gasteiger charge is 2.73. The molecule has 0 aromatic rings. The molecule has 2 bridgehead atoms. The maximum Gasteiger partial charge on any atom is 0.309 e. The number of Topliss-reactive ketones (excluding diaryl/α,β-unsaturated/α-hetero) is 1. The Morgan fingerprint density at radius 3 is 2.44 bits per heavy atom. The molecule has 0 aliphatic heterocycles. The summed E-state index contributed by atoms with van der Waals surface area (Å²) in [5.74, 6) is -0.789. The molecule has 4 saturated carbocycles. The molecule has 0 amide bonds. The van der Waals surface area contributed by atoms with E-state index < -0.39 is 17.5 Å². The molecule has 0 heterocycles. The lowest BCUT2D eigenvalue weighted by molar-refractivity contribution is -0.231. The van der Waals surface area contributed by atoms with Gasteiger partial charge < -0.3 is 9.84 Å². The summed E-state index contributed by atoms with van der Waals surface area (Å²) in [7, 11) is 0. The molecule has 4 fully saturated rings. The number of fused-ring (bicyclic) bond motifs is 2. The van der Waals surface area contributed by atoms with Crippen LogP contribution >= 0.6 is 0 Å². The highest BCUT2D eigenvalue weighted by atomic mass is 16.5. The minimum atomic E-state index is -0.896. The van der Waals surface area contributed by atoms with Gasteiger partial charge in [0.25, 0.3) is 0 Å². The van der Waals surface area contributed by atoms with Crippen LogP contribution in [-0.4, -0.2) is 28.9 Å². The van der Waals surface area contributed by atoms with Crippen LogP contribution < -0.4 is 0 Å². The van der Waals surface area contributed by atoms with Crippen LogP contribution in [0, 0.1) is 33.5 Å². The number of ether oxygens (including phenoxy) is 1.